The van der Waals surface area contributed by atoms with E-state index in [1.165, 1.54) is 6.92 Å². The summed E-state index contributed by atoms with van der Waals surface area (Å²) in [6, 6.07) is 10.1. The van der Waals surface area contributed by atoms with Gasteiger partial charge < -0.3 is 39.1 Å². The molecule has 0 aliphatic carbocycles. The van der Waals surface area contributed by atoms with E-state index < -0.39 is 83.2 Å². The first-order valence-electron chi connectivity index (χ1n) is 19.5. The molecule has 4 unspecified atom stereocenters. The average Bonchev–Trinajstić information content (AvgIpc) is 3.78. The third-order valence-corrected chi connectivity index (χ3v) is 11.9. The zero-order valence-electron chi connectivity index (χ0n) is 33.5. The number of amides is 2. The standard InChI is InChI=1S/C42H58N2O11/c1-22-19-24(3)52-39(34(22)47)54-37-26(5)35(48)27(6)38(49)53-31(16-17-43-32(45)20-28-13-10-11-14-29(28)30-15-12-18-51-30)42(9)36(44-40(50)55-42)25(4)33(46)23(2)21-41(37,7)8/h10-15,18,22-27,31,34,36-37,39,47H,16-17,19-21H2,1-9H3,(H,43,45)(H,44,50)/t22?,23-,24?,25+,26+,27-,31-,34?,36-,37-,39?,42-/m1/s1. The molecule has 13 heteroatoms. The zero-order chi connectivity index (χ0) is 40.4. The van der Waals surface area contributed by atoms with Gasteiger partial charge in [-0.25, -0.2) is 4.79 Å². The number of carbonyl (C=O) groups is 5. The number of carbonyl (C=O) groups excluding carboxylic acids is 5. The zero-order valence-corrected chi connectivity index (χ0v) is 33.5. The summed E-state index contributed by atoms with van der Waals surface area (Å²) < 4.78 is 30.1. The summed E-state index contributed by atoms with van der Waals surface area (Å²) in [6.45, 7) is 15.9. The van der Waals surface area contributed by atoms with Gasteiger partial charge in [-0.3, -0.25) is 19.2 Å². The van der Waals surface area contributed by atoms with Crippen LogP contribution < -0.4 is 10.6 Å². The van der Waals surface area contributed by atoms with Crippen molar-refractivity contribution < 1.29 is 52.4 Å². The molecule has 3 aliphatic rings. The van der Waals surface area contributed by atoms with E-state index in [-0.39, 0.29) is 43.1 Å². The van der Waals surface area contributed by atoms with E-state index in [2.05, 4.69) is 10.6 Å². The van der Waals surface area contributed by atoms with E-state index in [9.17, 15) is 29.1 Å². The number of aliphatic hydroxyl groups excluding tert-OH is 1. The minimum Gasteiger partial charge on any atom is -0.464 e. The van der Waals surface area contributed by atoms with Gasteiger partial charge in [0, 0.05) is 36.3 Å². The van der Waals surface area contributed by atoms with Gasteiger partial charge in [-0.05, 0) is 62.6 Å². The lowest BCUT2D eigenvalue weighted by Crippen LogP contribution is -2.58. The van der Waals surface area contributed by atoms with E-state index >= 15 is 0 Å². The second kappa shape index (κ2) is 17.0. The van der Waals surface area contributed by atoms with Gasteiger partial charge in [-0.2, -0.15) is 0 Å². The van der Waals surface area contributed by atoms with Crippen LogP contribution in [0.2, 0.25) is 0 Å². The summed E-state index contributed by atoms with van der Waals surface area (Å²) >= 11 is 0. The maximum absolute atomic E-state index is 14.2. The molecular weight excluding hydrogens is 708 g/mol. The Labute approximate surface area is 323 Å². The van der Waals surface area contributed by atoms with Crippen LogP contribution >= 0.6 is 0 Å². The predicted octanol–water partition coefficient (Wildman–Crippen LogP) is 5.40. The number of rotatable bonds is 8. The number of hydrogen-bond donors (Lipinski definition) is 3. The van der Waals surface area contributed by atoms with Crippen molar-refractivity contribution >= 4 is 29.5 Å². The third kappa shape index (κ3) is 9.16. The number of alkyl carbamates (subject to hydrolysis) is 1. The second-order valence-corrected chi connectivity index (χ2v) is 16.8. The van der Waals surface area contributed by atoms with Crippen molar-refractivity contribution in [3.63, 3.8) is 0 Å². The van der Waals surface area contributed by atoms with Crippen LogP contribution in [0.1, 0.15) is 87.1 Å². The largest absolute Gasteiger partial charge is 0.464 e. The minimum atomic E-state index is -1.53. The molecule has 12 atom stereocenters. The molecule has 0 saturated carbocycles. The molecule has 3 saturated heterocycles. The Hall–Kier alpha value is -4.07. The fourth-order valence-corrected chi connectivity index (χ4v) is 8.89. The Bertz CT molecular complexity index is 1710. The summed E-state index contributed by atoms with van der Waals surface area (Å²) in [5.74, 6) is -4.71. The molecule has 3 fully saturated rings. The summed E-state index contributed by atoms with van der Waals surface area (Å²) in [5, 5.41) is 16.7. The lowest BCUT2D eigenvalue weighted by atomic mass is 9.69. The van der Waals surface area contributed by atoms with Crippen molar-refractivity contribution in [1.82, 2.24) is 10.6 Å². The van der Waals surface area contributed by atoms with Gasteiger partial charge >= 0.3 is 12.1 Å². The Balaban J connectivity index is 1.41. The van der Waals surface area contributed by atoms with Gasteiger partial charge in [-0.15, -0.1) is 0 Å². The molecule has 4 heterocycles. The number of furan rings is 1. The van der Waals surface area contributed by atoms with Crippen molar-refractivity contribution in [2.24, 2.45) is 35.0 Å². The van der Waals surface area contributed by atoms with Crippen molar-refractivity contribution in [3.05, 3.63) is 48.2 Å². The summed E-state index contributed by atoms with van der Waals surface area (Å²) in [4.78, 5) is 68.6. The first kappa shape index (κ1) is 42.1. The van der Waals surface area contributed by atoms with Crippen LogP contribution in [0.4, 0.5) is 4.79 Å². The van der Waals surface area contributed by atoms with E-state index in [1.807, 2.05) is 58.0 Å². The number of benzene rings is 1. The normalized spacial score (nSPS) is 35.9. The molecule has 0 bridgehead atoms. The Kier molecular flexibility index (Phi) is 13.0. The highest BCUT2D eigenvalue weighted by molar-refractivity contribution is 6.00. The Morgan fingerprint density at radius 2 is 1.67 bits per heavy atom. The second-order valence-electron chi connectivity index (χ2n) is 16.8. The number of aliphatic hydroxyl groups is 1. The van der Waals surface area contributed by atoms with Crippen molar-refractivity contribution in [2.45, 2.75) is 130 Å². The Morgan fingerprint density at radius 1 is 0.964 bits per heavy atom. The first-order chi connectivity index (χ1) is 25.8. The van der Waals surface area contributed by atoms with Crippen LogP contribution in [0.5, 0.6) is 0 Å². The van der Waals surface area contributed by atoms with E-state index in [0.29, 0.717) is 18.6 Å². The molecule has 13 nitrogen and oxygen atoms in total. The van der Waals surface area contributed by atoms with Crippen LogP contribution in [0, 0.1) is 35.0 Å². The molecule has 5 rings (SSSR count). The van der Waals surface area contributed by atoms with Crippen molar-refractivity contribution in [2.75, 3.05) is 6.54 Å². The highest BCUT2D eigenvalue weighted by Gasteiger charge is 2.57. The van der Waals surface area contributed by atoms with Crippen LogP contribution in [-0.2, 0) is 44.5 Å². The van der Waals surface area contributed by atoms with E-state index in [0.717, 1.165) is 11.1 Å². The fraction of sp³-hybridized carbons (Fsp3) is 0.643. The van der Waals surface area contributed by atoms with Gasteiger partial charge in [0.15, 0.2) is 17.7 Å². The number of ketones is 2. The Morgan fingerprint density at radius 3 is 2.36 bits per heavy atom. The SMILES string of the molecule is CC1CC(C)C(O)C(O[C@@H]2[C@@H](C)C(=O)[C@@H](C)C(=O)O[C@H](CCNC(=O)Cc3ccccc3-c3ccco3)[C@@]3(C)OC(=O)N[C@@H]3[C@@H](C)C(=O)[C@H](C)CC2(C)C)O1. The topological polar surface area (TPSA) is 180 Å². The number of nitrogens with one attached hydrogen (secondary N) is 2. The quantitative estimate of drug-likeness (QED) is 0.231. The monoisotopic (exact) mass is 766 g/mol. The van der Waals surface area contributed by atoms with Crippen LogP contribution in [0.25, 0.3) is 11.3 Å². The molecule has 55 heavy (non-hydrogen) atoms. The van der Waals surface area contributed by atoms with E-state index in [4.69, 9.17) is 23.4 Å². The van der Waals surface area contributed by atoms with Gasteiger partial charge in [0.25, 0.3) is 0 Å². The van der Waals surface area contributed by atoms with Crippen LogP contribution in [0.3, 0.4) is 0 Å². The summed E-state index contributed by atoms with van der Waals surface area (Å²) in [7, 11) is 0. The molecule has 302 valence electrons. The van der Waals surface area contributed by atoms with Crippen LogP contribution in [-0.4, -0.2) is 83.5 Å². The lowest BCUT2D eigenvalue weighted by molar-refractivity contribution is -0.284. The number of ether oxygens (including phenoxy) is 4. The maximum atomic E-state index is 14.2. The fourth-order valence-electron chi connectivity index (χ4n) is 8.89. The molecule has 0 radical (unpaired) electrons. The summed E-state index contributed by atoms with van der Waals surface area (Å²) in [6.07, 6.45) is -2.39. The average molecular weight is 767 g/mol. The van der Waals surface area contributed by atoms with Gasteiger partial charge in [0.1, 0.15) is 29.7 Å². The lowest BCUT2D eigenvalue weighted by Gasteiger charge is -2.45. The van der Waals surface area contributed by atoms with Crippen LogP contribution in [0.15, 0.2) is 47.1 Å². The molecule has 2 aromatic rings. The smallest absolute Gasteiger partial charge is 0.408 e. The highest BCUT2D eigenvalue weighted by Crippen LogP contribution is 2.42. The van der Waals surface area contributed by atoms with Crippen molar-refractivity contribution in [1.29, 1.82) is 0 Å². The maximum Gasteiger partial charge on any atom is 0.408 e. The summed E-state index contributed by atoms with van der Waals surface area (Å²) in [5.41, 5.74) is -0.810. The third-order valence-electron chi connectivity index (χ3n) is 11.9. The van der Waals surface area contributed by atoms with Crippen molar-refractivity contribution in [3.8, 4) is 11.3 Å². The molecule has 0 spiro atoms. The van der Waals surface area contributed by atoms with Gasteiger partial charge in [0.2, 0.25) is 5.91 Å². The highest BCUT2D eigenvalue weighted by atomic mass is 16.7. The van der Waals surface area contributed by atoms with Gasteiger partial charge in [0.05, 0.1) is 30.9 Å². The molecule has 3 aliphatic heterocycles. The molecule has 1 aromatic heterocycles. The number of esters is 1. The number of Topliss-reactive ketones (excluding diaryl/α,β-unsaturated/α-hetero) is 2. The van der Waals surface area contributed by atoms with Gasteiger partial charge in [-0.1, -0.05) is 65.8 Å². The molecular formula is C42H58N2O11. The minimum absolute atomic E-state index is 0.0121. The predicted molar refractivity (Wildman–Crippen MR) is 201 cm³/mol. The number of fused-ring (bicyclic) bond motifs is 1. The number of cyclic esters (lactones) is 1. The van der Waals surface area contributed by atoms with E-state index in [1.54, 1.807) is 40.0 Å². The molecule has 2 amide bonds. The molecule has 3 N–H and O–H groups in total. The first-order valence-corrected chi connectivity index (χ1v) is 19.5. The number of hydrogen-bond acceptors (Lipinski definition) is 11. The molecule has 1 aromatic carbocycles.